The van der Waals surface area contributed by atoms with Crippen molar-refractivity contribution in [3.05, 3.63) is 72.9 Å². The van der Waals surface area contributed by atoms with Crippen molar-refractivity contribution in [3.63, 3.8) is 0 Å². The second kappa shape index (κ2) is 70.0. The zero-order valence-electron chi connectivity index (χ0n) is 60.8. The van der Waals surface area contributed by atoms with Gasteiger partial charge < -0.3 is 33.8 Å². The molecule has 0 amide bonds. The number of hydrogen-bond acceptors (Lipinski definition) is 15. The number of carbonyl (C=O) groups is 4. The first-order chi connectivity index (χ1) is 46.7. The quantitative estimate of drug-likeness (QED) is 0.0169. The van der Waals surface area contributed by atoms with Gasteiger partial charge in [-0.25, -0.2) is 9.13 Å². The van der Waals surface area contributed by atoms with Crippen LogP contribution < -0.4 is 0 Å². The third kappa shape index (κ3) is 69.0. The second-order valence-electron chi connectivity index (χ2n) is 25.6. The summed E-state index contributed by atoms with van der Waals surface area (Å²) in [5.41, 5.74) is 0. The summed E-state index contributed by atoms with van der Waals surface area (Å²) in [5.74, 6) is -2.19. The summed E-state index contributed by atoms with van der Waals surface area (Å²) >= 11 is 0. The number of phosphoric ester groups is 2. The maximum atomic E-state index is 13.1. The van der Waals surface area contributed by atoms with Gasteiger partial charge in [-0.3, -0.25) is 37.3 Å². The van der Waals surface area contributed by atoms with Crippen LogP contribution in [0, 0.1) is 0 Å². The lowest BCUT2D eigenvalue weighted by molar-refractivity contribution is -0.161. The zero-order valence-corrected chi connectivity index (χ0v) is 62.6. The molecule has 0 aliphatic rings. The molecule has 0 aliphatic heterocycles. The summed E-state index contributed by atoms with van der Waals surface area (Å²) in [7, 11) is -9.94. The van der Waals surface area contributed by atoms with Crippen molar-refractivity contribution in [1.29, 1.82) is 0 Å². The van der Waals surface area contributed by atoms with Crippen molar-refractivity contribution in [3.8, 4) is 0 Å². The summed E-state index contributed by atoms with van der Waals surface area (Å²) in [5, 5.41) is 10.6. The standard InChI is InChI=1S/C77H138O17P2/c1-5-9-13-17-21-25-29-33-34-35-36-40-42-46-50-54-58-62-75(80)88-68-73(94-77(82)64-60-56-52-48-44-39-32-28-24-20-16-12-8-4)70-92-96(85,86)90-66-71(78)65-89-95(83,84)91-69-72(93-76(81)63-59-55-51-47-43-38-31-27-23-19-15-11-7-3)67-87-74(79)61-57-53-49-45-41-37-30-26-22-18-14-10-6-2/h9,13,16,20-21,25,28,32-34,36,40,71-73,78H,5-8,10-12,14-15,17-19,22-24,26-27,29-31,35,37-39,41-70H2,1-4H3,(H,83,84)(H,85,86)/b13-9-,20-16-,25-21-,32-28-,34-33-,40-36-. The lowest BCUT2D eigenvalue weighted by Gasteiger charge is -2.21. The molecule has 19 heteroatoms. The normalized spacial score (nSPS) is 14.4. The molecule has 0 radical (unpaired) electrons. The zero-order chi connectivity index (χ0) is 70.4. The number of esters is 4. The van der Waals surface area contributed by atoms with Crippen LogP contribution in [0.1, 0.15) is 336 Å². The van der Waals surface area contributed by atoms with Crippen LogP contribution >= 0.6 is 15.6 Å². The Morgan fingerprint density at radius 3 is 0.875 bits per heavy atom. The Bertz CT molecular complexity index is 2110. The van der Waals surface area contributed by atoms with Gasteiger partial charge in [0.05, 0.1) is 26.4 Å². The van der Waals surface area contributed by atoms with Gasteiger partial charge in [-0.15, -0.1) is 0 Å². The highest BCUT2D eigenvalue weighted by molar-refractivity contribution is 7.47. The molecule has 96 heavy (non-hydrogen) atoms. The fraction of sp³-hybridized carbons (Fsp3) is 0.792. The van der Waals surface area contributed by atoms with Crippen LogP contribution in [-0.2, 0) is 65.4 Å². The smallest absolute Gasteiger partial charge is 0.462 e. The van der Waals surface area contributed by atoms with Gasteiger partial charge in [0.15, 0.2) is 12.2 Å². The Labute approximate surface area is 583 Å². The molecule has 0 aromatic heterocycles. The van der Waals surface area contributed by atoms with E-state index < -0.39 is 97.5 Å². The van der Waals surface area contributed by atoms with Crippen LogP contribution in [0.15, 0.2) is 72.9 Å². The van der Waals surface area contributed by atoms with Gasteiger partial charge in [-0.1, -0.05) is 293 Å². The molecular weight excluding hydrogens is 1260 g/mol. The summed E-state index contributed by atoms with van der Waals surface area (Å²) in [6.07, 6.45) is 68.9. The van der Waals surface area contributed by atoms with E-state index >= 15 is 0 Å². The third-order valence-electron chi connectivity index (χ3n) is 16.2. The molecule has 0 aromatic carbocycles. The Kier molecular flexibility index (Phi) is 67.4. The van der Waals surface area contributed by atoms with E-state index in [9.17, 15) is 43.2 Å². The molecule has 0 saturated heterocycles. The average molecular weight is 1400 g/mol. The van der Waals surface area contributed by atoms with Crippen molar-refractivity contribution in [1.82, 2.24) is 0 Å². The van der Waals surface area contributed by atoms with E-state index in [4.69, 9.17) is 37.0 Å². The van der Waals surface area contributed by atoms with E-state index in [1.807, 2.05) is 0 Å². The lowest BCUT2D eigenvalue weighted by atomic mass is 10.0. The maximum absolute atomic E-state index is 13.1. The first-order valence-electron chi connectivity index (χ1n) is 38.2. The molecule has 0 aliphatic carbocycles. The maximum Gasteiger partial charge on any atom is 0.472 e. The third-order valence-corrected chi connectivity index (χ3v) is 18.1. The fourth-order valence-corrected chi connectivity index (χ4v) is 11.9. The van der Waals surface area contributed by atoms with Crippen LogP contribution in [0.25, 0.3) is 0 Å². The van der Waals surface area contributed by atoms with Crippen molar-refractivity contribution in [2.45, 2.75) is 354 Å². The predicted octanol–water partition coefficient (Wildman–Crippen LogP) is 21.7. The van der Waals surface area contributed by atoms with E-state index in [2.05, 4.69) is 101 Å². The van der Waals surface area contributed by atoms with Crippen LogP contribution in [0.2, 0.25) is 0 Å². The monoisotopic (exact) mass is 1400 g/mol. The summed E-state index contributed by atoms with van der Waals surface area (Å²) in [4.78, 5) is 72.8. The molecule has 5 atom stereocenters. The molecular formula is C77H138O17P2. The number of unbranched alkanes of at least 4 members (excludes halogenated alkanes) is 34. The Hall–Kier alpha value is -3.50. The Balaban J connectivity index is 5.33. The van der Waals surface area contributed by atoms with E-state index in [1.165, 1.54) is 109 Å². The number of rotatable bonds is 72. The van der Waals surface area contributed by atoms with Gasteiger partial charge in [0, 0.05) is 25.7 Å². The summed E-state index contributed by atoms with van der Waals surface area (Å²) in [6.45, 7) is 4.70. The largest absolute Gasteiger partial charge is 0.472 e. The van der Waals surface area contributed by atoms with Crippen LogP contribution in [0.5, 0.6) is 0 Å². The highest BCUT2D eigenvalue weighted by atomic mass is 31.2. The van der Waals surface area contributed by atoms with E-state index in [1.54, 1.807) is 0 Å². The topological polar surface area (TPSA) is 237 Å². The molecule has 0 aromatic rings. The summed E-state index contributed by atoms with van der Waals surface area (Å²) in [6, 6.07) is 0. The highest BCUT2D eigenvalue weighted by Crippen LogP contribution is 2.45. The number of aliphatic hydroxyl groups is 1. The molecule has 0 bridgehead atoms. The minimum Gasteiger partial charge on any atom is -0.462 e. The Morgan fingerprint density at radius 2 is 0.562 bits per heavy atom. The van der Waals surface area contributed by atoms with Gasteiger partial charge in [0.2, 0.25) is 0 Å². The van der Waals surface area contributed by atoms with Gasteiger partial charge >= 0.3 is 39.5 Å². The molecule has 0 heterocycles. The van der Waals surface area contributed by atoms with Gasteiger partial charge in [0.25, 0.3) is 0 Å². The van der Waals surface area contributed by atoms with Crippen molar-refractivity contribution in [2.24, 2.45) is 0 Å². The van der Waals surface area contributed by atoms with Gasteiger partial charge in [-0.05, 0) is 89.9 Å². The number of allylic oxidation sites excluding steroid dienone is 12. The van der Waals surface area contributed by atoms with E-state index in [0.29, 0.717) is 25.7 Å². The van der Waals surface area contributed by atoms with Crippen LogP contribution in [0.3, 0.4) is 0 Å². The summed E-state index contributed by atoms with van der Waals surface area (Å²) < 4.78 is 68.4. The first-order valence-corrected chi connectivity index (χ1v) is 41.2. The lowest BCUT2D eigenvalue weighted by Crippen LogP contribution is -2.30. The predicted molar refractivity (Wildman–Crippen MR) is 390 cm³/mol. The number of phosphoric acid groups is 2. The highest BCUT2D eigenvalue weighted by Gasteiger charge is 2.30. The van der Waals surface area contributed by atoms with E-state index in [-0.39, 0.29) is 25.7 Å². The first kappa shape index (κ1) is 92.5. The molecule has 17 nitrogen and oxygen atoms in total. The number of carbonyl (C=O) groups excluding carboxylic acids is 4. The van der Waals surface area contributed by atoms with E-state index in [0.717, 1.165) is 148 Å². The minimum absolute atomic E-state index is 0.0750. The molecule has 3 N–H and O–H groups in total. The SMILES string of the molecule is CC/C=C\C/C=C\C/C=C\C/C=C\CCCCCCC(=O)OCC(COP(=O)(O)OCC(O)COP(=O)(O)OCC(COC(=O)CCCCCCCCCCCCCCC)OC(=O)CCCCCCCCCCCCCCC)OC(=O)CCCCCCC/C=C\C/C=C\CCC. The number of hydrogen-bond donors (Lipinski definition) is 3. The average Bonchev–Trinajstić information content (AvgIpc) is 3.12. The number of ether oxygens (including phenoxy) is 4. The van der Waals surface area contributed by atoms with Crippen LogP contribution in [0.4, 0.5) is 0 Å². The molecule has 558 valence electrons. The minimum atomic E-state index is -4.98. The molecule has 5 unspecified atom stereocenters. The molecule has 0 spiro atoms. The fourth-order valence-electron chi connectivity index (χ4n) is 10.4. The van der Waals surface area contributed by atoms with Crippen molar-refractivity contribution >= 4 is 39.5 Å². The van der Waals surface area contributed by atoms with Crippen LogP contribution in [-0.4, -0.2) is 96.7 Å². The molecule has 0 fully saturated rings. The number of aliphatic hydroxyl groups excluding tert-OH is 1. The van der Waals surface area contributed by atoms with Crippen molar-refractivity contribution in [2.75, 3.05) is 39.6 Å². The molecule has 0 rings (SSSR count). The van der Waals surface area contributed by atoms with Crippen molar-refractivity contribution < 1.29 is 80.2 Å². The second-order valence-corrected chi connectivity index (χ2v) is 28.5. The van der Waals surface area contributed by atoms with Gasteiger partial charge in [0.1, 0.15) is 19.3 Å². The molecule has 0 saturated carbocycles. The van der Waals surface area contributed by atoms with Gasteiger partial charge in [-0.2, -0.15) is 0 Å². The Morgan fingerprint density at radius 1 is 0.302 bits per heavy atom.